The number of likely N-dealkylation sites (N-methyl/N-ethyl adjacent to an activating group) is 1. The van der Waals surface area contributed by atoms with Crippen LogP contribution in [0.5, 0.6) is 0 Å². The molecule has 16 heteroatoms. The summed E-state index contributed by atoms with van der Waals surface area (Å²) in [5, 5.41) is 16.9. The van der Waals surface area contributed by atoms with Crippen molar-refractivity contribution in [3.05, 3.63) is 35.9 Å². The zero-order valence-corrected chi connectivity index (χ0v) is 23.2. The smallest absolute Gasteiger partial charge is 0.544 e. The fourth-order valence-electron chi connectivity index (χ4n) is 4.31. The van der Waals surface area contributed by atoms with Gasteiger partial charge >= 0.3 is 53.4 Å². The summed E-state index contributed by atoms with van der Waals surface area (Å²) in [6, 6.07) is 4.12. The van der Waals surface area contributed by atoms with Crippen molar-refractivity contribution in [1.29, 1.82) is 0 Å². The van der Waals surface area contributed by atoms with E-state index in [0.717, 1.165) is 0 Å². The van der Waals surface area contributed by atoms with Gasteiger partial charge in [0.1, 0.15) is 24.7 Å². The molecule has 3 fully saturated rings. The van der Waals surface area contributed by atoms with Gasteiger partial charge in [-0.3, -0.25) is 33.7 Å². The minimum atomic E-state index is -2.46. The number of urea groups is 1. The maximum Gasteiger partial charge on any atom is 1.00 e. The van der Waals surface area contributed by atoms with E-state index >= 15 is 0 Å². The van der Waals surface area contributed by atoms with Gasteiger partial charge < -0.3 is 30.2 Å². The van der Waals surface area contributed by atoms with E-state index in [-0.39, 0.29) is 49.1 Å². The summed E-state index contributed by atoms with van der Waals surface area (Å²) in [5.74, 6) is -6.51. The van der Waals surface area contributed by atoms with Crippen molar-refractivity contribution >= 4 is 41.6 Å². The van der Waals surface area contributed by atoms with Crippen LogP contribution >= 0.6 is 0 Å². The predicted molar refractivity (Wildman–Crippen MR) is 119 cm³/mol. The number of carboxylic acids is 1. The molecule has 0 spiro atoms. The zero-order valence-electron chi connectivity index (χ0n) is 21.2. The zero-order chi connectivity index (χ0) is 27.6. The van der Waals surface area contributed by atoms with Gasteiger partial charge in [0.2, 0.25) is 5.91 Å². The Kier molecular flexibility index (Phi) is 9.32. The average Bonchev–Trinajstić information content (AvgIpc) is 3.47. The number of hydrogen-bond acceptors (Lipinski definition) is 10. The summed E-state index contributed by atoms with van der Waals surface area (Å²) in [7, 11) is 0. The van der Waals surface area contributed by atoms with Crippen LogP contribution in [0.2, 0.25) is 0 Å². The molecule has 4 rings (SSSR count). The summed E-state index contributed by atoms with van der Waals surface area (Å²) >= 11 is 0. The summed E-state index contributed by atoms with van der Waals surface area (Å²) in [6.45, 7) is 1.55. The van der Waals surface area contributed by atoms with Gasteiger partial charge in [-0.1, -0.05) is 30.3 Å². The Balaban J connectivity index is 0.00000420. The first-order chi connectivity index (χ1) is 18.1. The van der Waals surface area contributed by atoms with Crippen LogP contribution in [0.25, 0.3) is 0 Å². The van der Waals surface area contributed by atoms with Crippen LogP contribution in [0.1, 0.15) is 31.4 Å². The molecule has 3 aliphatic heterocycles. The molecule has 39 heavy (non-hydrogen) atoms. The number of nitrogens with zero attached hydrogens (tertiary/aromatic N) is 3. The Labute approximate surface area is 244 Å². The van der Waals surface area contributed by atoms with Crippen molar-refractivity contribution < 1.29 is 77.8 Å². The molecule has 3 heterocycles. The molecule has 1 aromatic carbocycles. The molecule has 0 bridgehead atoms. The van der Waals surface area contributed by atoms with Gasteiger partial charge in [-0.05, 0) is 12.5 Å². The molecular formula is C23H24N5NaO10. The second-order valence-corrected chi connectivity index (χ2v) is 8.67. The standard InChI is InChI=1S/C23H25N5O10.Na/c1-2-26-10-11-27(20(33)19(26)32)22(36)25-16(13-6-4-3-5-7-13)17(30)24-14-12-37-28(18(14)31)23(21(34)35)9-8-15(29)38-23;/h3-7,14,16H,2,8-12H2,1H3,(H,24,30)(H,25,36)(H,34,35);/q;+1/p-1/t14-,16?,23?;/m0./s1. The second-order valence-electron chi connectivity index (χ2n) is 8.67. The molecule has 3 atom stereocenters. The van der Waals surface area contributed by atoms with Crippen molar-refractivity contribution in [1.82, 2.24) is 25.5 Å². The van der Waals surface area contributed by atoms with Crippen molar-refractivity contribution in [3.63, 3.8) is 0 Å². The molecule has 1 aromatic rings. The Morgan fingerprint density at radius 3 is 2.38 bits per heavy atom. The number of cyclic esters (lactones) is 1. The topological polar surface area (TPSA) is 195 Å². The molecule has 3 aliphatic rings. The number of hydrogen-bond donors (Lipinski definition) is 2. The van der Waals surface area contributed by atoms with Gasteiger partial charge in [0.25, 0.3) is 11.6 Å². The van der Waals surface area contributed by atoms with Crippen LogP contribution in [0.15, 0.2) is 30.3 Å². The molecule has 202 valence electrons. The first kappa shape index (κ1) is 30.0. The number of aliphatic carboxylic acids is 1. The molecule has 3 saturated heterocycles. The second kappa shape index (κ2) is 12.1. The van der Waals surface area contributed by atoms with Crippen molar-refractivity contribution in [2.75, 3.05) is 26.2 Å². The Bertz CT molecular complexity index is 1200. The van der Waals surface area contributed by atoms with Gasteiger partial charge in [0.15, 0.2) is 0 Å². The van der Waals surface area contributed by atoms with E-state index < -0.39 is 72.4 Å². The number of carboxylic acid groups (broad SMARTS) is 1. The largest absolute Gasteiger partial charge is 1.00 e. The van der Waals surface area contributed by atoms with Gasteiger partial charge in [-0.25, -0.2) is 4.79 Å². The van der Waals surface area contributed by atoms with E-state index in [4.69, 9.17) is 9.57 Å². The number of amides is 6. The fraction of sp³-hybridized carbons (Fsp3) is 0.435. The number of imide groups is 1. The van der Waals surface area contributed by atoms with E-state index in [2.05, 4.69) is 10.6 Å². The Hall–Kier alpha value is -3.53. The van der Waals surface area contributed by atoms with E-state index in [1.807, 2.05) is 0 Å². The minimum absolute atomic E-state index is 0. The molecule has 0 aliphatic carbocycles. The maximum atomic E-state index is 13.3. The van der Waals surface area contributed by atoms with Gasteiger partial charge in [-0.2, -0.15) is 5.06 Å². The molecule has 0 aromatic heterocycles. The molecule has 2 N–H and O–H groups in total. The van der Waals surface area contributed by atoms with Crippen LogP contribution in [0, 0.1) is 0 Å². The van der Waals surface area contributed by atoms with E-state index in [9.17, 15) is 38.7 Å². The number of rotatable bonds is 7. The average molecular weight is 553 g/mol. The number of benzene rings is 1. The molecular weight excluding hydrogens is 529 g/mol. The third kappa shape index (κ3) is 5.75. The van der Waals surface area contributed by atoms with Crippen LogP contribution in [0.4, 0.5) is 4.79 Å². The van der Waals surface area contributed by atoms with E-state index in [1.54, 1.807) is 25.1 Å². The Morgan fingerprint density at radius 1 is 1.10 bits per heavy atom. The van der Waals surface area contributed by atoms with Gasteiger partial charge in [-0.15, -0.1) is 0 Å². The van der Waals surface area contributed by atoms with Crippen LogP contribution in [0.3, 0.4) is 0 Å². The fourth-order valence-corrected chi connectivity index (χ4v) is 4.31. The molecule has 0 saturated carbocycles. The number of piperazine rings is 1. The first-order valence-corrected chi connectivity index (χ1v) is 11.8. The predicted octanol–water partition coefficient (Wildman–Crippen LogP) is -5.83. The van der Waals surface area contributed by atoms with Crippen molar-refractivity contribution in [2.24, 2.45) is 0 Å². The molecule has 0 radical (unpaired) electrons. The van der Waals surface area contributed by atoms with Gasteiger partial charge in [0.05, 0.1) is 6.42 Å². The third-order valence-corrected chi connectivity index (χ3v) is 6.38. The number of ether oxygens (including phenoxy) is 1. The first-order valence-electron chi connectivity index (χ1n) is 11.8. The number of nitrogens with one attached hydrogen (secondary N) is 2. The van der Waals surface area contributed by atoms with E-state index in [0.29, 0.717) is 22.1 Å². The summed E-state index contributed by atoms with van der Waals surface area (Å²) < 4.78 is 4.83. The third-order valence-electron chi connectivity index (χ3n) is 6.38. The van der Waals surface area contributed by atoms with Crippen LogP contribution in [-0.4, -0.2) is 94.5 Å². The summed E-state index contributed by atoms with van der Waals surface area (Å²) in [5.41, 5.74) is -2.17. The molecule has 15 nitrogen and oxygen atoms in total. The van der Waals surface area contributed by atoms with E-state index in [1.165, 1.54) is 17.0 Å². The number of carbonyl (C=O) groups excluding carboxylic acids is 7. The van der Waals surface area contributed by atoms with Crippen LogP contribution < -0.4 is 45.3 Å². The summed E-state index contributed by atoms with van der Waals surface area (Å²) in [6.07, 6.45) is -0.685. The number of hydroxylamine groups is 2. The minimum Gasteiger partial charge on any atom is -0.544 e. The quantitative estimate of drug-likeness (QED) is 0.187. The summed E-state index contributed by atoms with van der Waals surface area (Å²) in [4.78, 5) is 94.2. The Morgan fingerprint density at radius 2 is 1.79 bits per heavy atom. The monoisotopic (exact) mass is 553 g/mol. The molecule has 6 amide bonds. The number of carbonyl (C=O) groups is 7. The van der Waals surface area contributed by atoms with Crippen molar-refractivity contribution in [2.45, 2.75) is 37.6 Å². The van der Waals surface area contributed by atoms with Gasteiger partial charge in [0, 0.05) is 26.1 Å². The normalized spacial score (nSPS) is 23.7. The van der Waals surface area contributed by atoms with Crippen LogP contribution in [-0.2, 0) is 38.3 Å². The molecule has 2 unspecified atom stereocenters. The maximum absolute atomic E-state index is 13.3. The SMILES string of the molecule is CCN1CCN(C(=O)NC(C(=O)N[C@H]2CON(C3(C(=O)[O-])CCC(=O)O3)C2=O)c2ccccc2)C(=O)C1=O.[Na+]. The number of esters is 1. The van der Waals surface area contributed by atoms with Crippen molar-refractivity contribution in [3.8, 4) is 0 Å².